The van der Waals surface area contributed by atoms with E-state index in [1.54, 1.807) is 6.26 Å². The molecule has 2 heteroatoms. The van der Waals surface area contributed by atoms with E-state index in [0.717, 1.165) is 5.76 Å². The Balaban J connectivity index is 2.75. The fourth-order valence-corrected chi connectivity index (χ4v) is 0.829. The molecule has 0 fully saturated rings. The highest BCUT2D eigenvalue weighted by molar-refractivity contribution is 5.08. The van der Waals surface area contributed by atoms with Crippen molar-refractivity contribution in [3.05, 3.63) is 24.4 Å². The number of hydrogen-bond acceptors (Lipinski definition) is 2. The number of allylic oxidation sites excluding steroid dienone is 1. The molecular weight excluding hydrogens is 138 g/mol. The van der Waals surface area contributed by atoms with Gasteiger partial charge in [-0.1, -0.05) is 20.8 Å². The van der Waals surface area contributed by atoms with Crippen molar-refractivity contribution in [3.63, 3.8) is 0 Å². The second-order valence-electron chi connectivity index (χ2n) is 3.81. The van der Waals surface area contributed by atoms with Crippen LogP contribution in [0.1, 0.15) is 20.8 Å². The molecular formula is C9H15NO. The Kier molecular flexibility index (Phi) is 1.94. The highest BCUT2D eigenvalue weighted by atomic mass is 16.5. The molecule has 2 nitrogen and oxygen atoms in total. The summed E-state index contributed by atoms with van der Waals surface area (Å²) in [6.07, 6.45) is 5.59. The molecule has 0 N–H and O–H groups in total. The zero-order chi connectivity index (χ0) is 8.48. The molecule has 1 aliphatic heterocycles. The summed E-state index contributed by atoms with van der Waals surface area (Å²) in [6.45, 7) is 6.39. The number of ether oxygens (including phenoxy) is 1. The smallest absolute Gasteiger partial charge is 0.125 e. The number of hydrogen-bond donors (Lipinski definition) is 0. The fourth-order valence-electron chi connectivity index (χ4n) is 0.829. The van der Waals surface area contributed by atoms with Crippen molar-refractivity contribution in [2.45, 2.75) is 20.8 Å². The molecule has 0 aromatic heterocycles. The predicted molar refractivity (Wildman–Crippen MR) is 45.5 cm³/mol. The lowest BCUT2D eigenvalue weighted by atomic mass is 9.94. The van der Waals surface area contributed by atoms with E-state index in [1.807, 2.05) is 24.3 Å². The number of nitrogens with zero attached hydrogens (tertiary/aromatic N) is 1. The SMILES string of the molecule is CN1C=COC(C(C)(C)C)=C1. The van der Waals surface area contributed by atoms with E-state index in [-0.39, 0.29) is 5.41 Å². The summed E-state index contributed by atoms with van der Waals surface area (Å²) in [7, 11) is 1.99. The molecule has 0 aliphatic carbocycles. The van der Waals surface area contributed by atoms with E-state index in [2.05, 4.69) is 20.8 Å². The average molecular weight is 153 g/mol. The lowest BCUT2D eigenvalue weighted by Gasteiger charge is -2.26. The summed E-state index contributed by atoms with van der Waals surface area (Å²) in [5.41, 5.74) is 0.0963. The van der Waals surface area contributed by atoms with E-state index in [0.29, 0.717) is 0 Å². The summed E-state index contributed by atoms with van der Waals surface area (Å²) < 4.78 is 5.35. The van der Waals surface area contributed by atoms with E-state index < -0.39 is 0 Å². The van der Waals surface area contributed by atoms with Crippen LogP contribution in [0, 0.1) is 5.41 Å². The van der Waals surface area contributed by atoms with Crippen LogP contribution in [0.15, 0.2) is 24.4 Å². The van der Waals surface area contributed by atoms with Gasteiger partial charge in [0.25, 0.3) is 0 Å². The minimum atomic E-state index is 0.0963. The zero-order valence-corrected chi connectivity index (χ0v) is 7.59. The molecule has 0 aromatic rings. The Labute approximate surface area is 68.1 Å². The van der Waals surface area contributed by atoms with Crippen LogP contribution in [0.4, 0.5) is 0 Å². The summed E-state index contributed by atoms with van der Waals surface area (Å²) >= 11 is 0. The van der Waals surface area contributed by atoms with Gasteiger partial charge in [0.1, 0.15) is 12.0 Å². The maximum Gasteiger partial charge on any atom is 0.125 e. The first kappa shape index (κ1) is 8.18. The Hall–Kier alpha value is -0.920. The molecule has 0 aromatic carbocycles. The molecule has 11 heavy (non-hydrogen) atoms. The van der Waals surface area contributed by atoms with Gasteiger partial charge >= 0.3 is 0 Å². The molecule has 1 aliphatic rings. The monoisotopic (exact) mass is 153 g/mol. The molecule has 0 spiro atoms. The molecule has 1 rings (SSSR count). The van der Waals surface area contributed by atoms with Gasteiger partial charge in [-0.05, 0) is 0 Å². The van der Waals surface area contributed by atoms with Crippen LogP contribution < -0.4 is 0 Å². The van der Waals surface area contributed by atoms with Gasteiger partial charge in [0.15, 0.2) is 0 Å². The largest absolute Gasteiger partial charge is 0.466 e. The zero-order valence-electron chi connectivity index (χ0n) is 7.59. The lowest BCUT2D eigenvalue weighted by Crippen LogP contribution is -2.17. The third-order valence-electron chi connectivity index (χ3n) is 1.55. The van der Waals surface area contributed by atoms with Crippen LogP contribution >= 0.6 is 0 Å². The van der Waals surface area contributed by atoms with E-state index >= 15 is 0 Å². The summed E-state index contributed by atoms with van der Waals surface area (Å²) in [5.74, 6) is 1.00. The van der Waals surface area contributed by atoms with Crippen molar-refractivity contribution in [3.8, 4) is 0 Å². The van der Waals surface area contributed by atoms with Crippen molar-refractivity contribution in [1.29, 1.82) is 0 Å². The molecule has 62 valence electrons. The molecule has 0 bridgehead atoms. The van der Waals surface area contributed by atoms with Gasteiger partial charge in [-0.3, -0.25) is 0 Å². The first-order valence-electron chi connectivity index (χ1n) is 3.78. The predicted octanol–water partition coefficient (Wildman–Crippen LogP) is 2.31. The minimum Gasteiger partial charge on any atom is -0.466 e. The van der Waals surface area contributed by atoms with E-state index in [4.69, 9.17) is 4.74 Å². The average Bonchev–Trinajstić information content (AvgIpc) is 1.86. The van der Waals surface area contributed by atoms with Crippen molar-refractivity contribution < 1.29 is 4.74 Å². The van der Waals surface area contributed by atoms with Crippen molar-refractivity contribution in [1.82, 2.24) is 4.90 Å². The summed E-state index contributed by atoms with van der Waals surface area (Å²) in [5, 5.41) is 0. The van der Waals surface area contributed by atoms with Gasteiger partial charge in [0.2, 0.25) is 0 Å². The van der Waals surface area contributed by atoms with Crippen LogP contribution in [-0.2, 0) is 4.74 Å². The van der Waals surface area contributed by atoms with Crippen LogP contribution in [0.25, 0.3) is 0 Å². The Morgan fingerprint density at radius 1 is 1.36 bits per heavy atom. The summed E-state index contributed by atoms with van der Waals surface area (Å²) in [4.78, 5) is 1.99. The van der Waals surface area contributed by atoms with Gasteiger partial charge in [-0.25, -0.2) is 0 Å². The highest BCUT2D eigenvalue weighted by Crippen LogP contribution is 2.28. The van der Waals surface area contributed by atoms with E-state index in [1.165, 1.54) is 0 Å². The van der Waals surface area contributed by atoms with Crippen LogP contribution in [0.5, 0.6) is 0 Å². The first-order chi connectivity index (χ1) is 5.00. The second kappa shape index (κ2) is 2.61. The second-order valence-corrected chi connectivity index (χ2v) is 3.81. The van der Waals surface area contributed by atoms with E-state index in [9.17, 15) is 0 Å². The van der Waals surface area contributed by atoms with Crippen molar-refractivity contribution in [2.24, 2.45) is 5.41 Å². The van der Waals surface area contributed by atoms with Crippen molar-refractivity contribution >= 4 is 0 Å². The molecule has 0 atom stereocenters. The maximum atomic E-state index is 5.35. The molecule has 0 unspecified atom stereocenters. The standard InChI is InChI=1S/C9H15NO/c1-9(2,3)8-7-10(4)5-6-11-8/h5-7H,1-4H3. The maximum absolute atomic E-state index is 5.35. The highest BCUT2D eigenvalue weighted by Gasteiger charge is 2.20. The third-order valence-corrected chi connectivity index (χ3v) is 1.55. The number of rotatable bonds is 0. The molecule has 0 saturated heterocycles. The molecule has 1 heterocycles. The Morgan fingerprint density at radius 3 is 2.36 bits per heavy atom. The normalized spacial score (nSPS) is 17.8. The Morgan fingerprint density at radius 2 is 2.00 bits per heavy atom. The van der Waals surface area contributed by atoms with Gasteiger partial charge < -0.3 is 9.64 Å². The summed E-state index contributed by atoms with van der Waals surface area (Å²) in [6, 6.07) is 0. The van der Waals surface area contributed by atoms with Crippen molar-refractivity contribution in [2.75, 3.05) is 7.05 Å². The molecule has 0 radical (unpaired) electrons. The van der Waals surface area contributed by atoms with Gasteiger partial charge in [-0.2, -0.15) is 0 Å². The third kappa shape index (κ3) is 2.00. The van der Waals surface area contributed by atoms with Crippen LogP contribution in [0.2, 0.25) is 0 Å². The van der Waals surface area contributed by atoms with Gasteiger partial charge in [0.05, 0.1) is 0 Å². The molecule has 0 saturated carbocycles. The fraction of sp³-hybridized carbons (Fsp3) is 0.556. The quantitative estimate of drug-likeness (QED) is 0.529. The Bertz CT molecular complexity index is 198. The lowest BCUT2D eigenvalue weighted by molar-refractivity contribution is 0.221. The minimum absolute atomic E-state index is 0.0963. The topological polar surface area (TPSA) is 12.5 Å². The van der Waals surface area contributed by atoms with Crippen LogP contribution in [0.3, 0.4) is 0 Å². The van der Waals surface area contributed by atoms with Crippen LogP contribution in [-0.4, -0.2) is 11.9 Å². The first-order valence-corrected chi connectivity index (χ1v) is 3.78. The van der Waals surface area contributed by atoms with Gasteiger partial charge in [0, 0.05) is 24.9 Å². The molecule has 0 amide bonds. The van der Waals surface area contributed by atoms with Gasteiger partial charge in [-0.15, -0.1) is 0 Å².